The number of Topliss-reactive ketones (excluding diaryl/α,β-unsaturated/α-hetero) is 1. The van der Waals surface area contributed by atoms with E-state index in [1.54, 1.807) is 6.07 Å². The quantitative estimate of drug-likeness (QED) is 0.0185. The molecular formula is C45H62BrN8O4PS3. The Labute approximate surface area is 393 Å². The lowest BCUT2D eigenvalue weighted by Crippen LogP contribution is -2.19. The standard InChI is InChI=1S/C21H24N4O2S.C14H22N4OS2.C9H9BrO.CH4.H3P/c1-14-5-4-6-15(13-14)18(26)19-20(22)24-21(28-19)23-16-7-9-17(10-8-16)27-12-11-25(2)3;1-4-21-13(15)17-14(20)16-11-5-7-12(8-6-11)19-10-9-18(2)3;1-7-3-2-4-8(5-7)9(11)6-10;;/h4-10,13H,11-12,22H2,1-3H3,(H,23,24);5-8H,4,9-10H2,1-3H3,(H3,15,16,17,20);2-5H,6H2,1H3;1H4;1H3. The number of halogens is 1. The van der Waals surface area contributed by atoms with E-state index in [2.05, 4.69) is 46.3 Å². The molecule has 1 unspecified atom stereocenters. The van der Waals surface area contributed by atoms with Crippen LogP contribution >= 0.6 is 61.1 Å². The Morgan fingerprint density at radius 1 is 0.839 bits per heavy atom. The first-order valence-corrected chi connectivity index (χ1v) is 22.3. The monoisotopic (exact) mass is 984 g/mol. The lowest BCUT2D eigenvalue weighted by molar-refractivity contribution is 0.102. The van der Waals surface area contributed by atoms with Gasteiger partial charge in [-0.2, -0.15) is 14.9 Å². The minimum Gasteiger partial charge on any atom is -0.492 e. The van der Waals surface area contributed by atoms with Crippen molar-refractivity contribution in [2.75, 3.05) is 81.9 Å². The minimum atomic E-state index is -0.114. The lowest BCUT2D eigenvalue weighted by atomic mass is 10.1. The maximum absolute atomic E-state index is 12.7. The van der Waals surface area contributed by atoms with Crippen LogP contribution in [0.25, 0.3) is 0 Å². The summed E-state index contributed by atoms with van der Waals surface area (Å²) in [7, 11) is 8.04. The zero-order valence-corrected chi connectivity index (χ0v) is 41.3. The summed E-state index contributed by atoms with van der Waals surface area (Å²) in [4.78, 5) is 36.8. The molecule has 0 saturated heterocycles. The van der Waals surface area contributed by atoms with Crippen molar-refractivity contribution in [3.63, 3.8) is 0 Å². The van der Waals surface area contributed by atoms with E-state index in [1.807, 2.05) is 140 Å². The molecule has 6 N–H and O–H groups in total. The number of ether oxygens (including phenoxy) is 2. The number of nitrogens with zero attached hydrogens (tertiary/aromatic N) is 4. The summed E-state index contributed by atoms with van der Waals surface area (Å²) in [5.74, 6) is 2.77. The number of thioether (sulfide) groups is 1. The average Bonchev–Trinajstić information content (AvgIpc) is 3.58. The molecule has 5 rings (SSSR count). The Morgan fingerprint density at radius 2 is 1.34 bits per heavy atom. The van der Waals surface area contributed by atoms with E-state index < -0.39 is 0 Å². The van der Waals surface area contributed by atoms with Gasteiger partial charge < -0.3 is 41.4 Å². The number of ketones is 2. The molecule has 12 nitrogen and oxygen atoms in total. The number of aryl methyl sites for hydroxylation is 2. The van der Waals surface area contributed by atoms with Crippen LogP contribution in [0, 0.1) is 13.8 Å². The van der Waals surface area contributed by atoms with Crippen LogP contribution in [-0.4, -0.2) is 102 Å². The molecule has 0 radical (unpaired) electrons. The summed E-state index contributed by atoms with van der Waals surface area (Å²) in [6, 6.07) is 30.2. The number of carbonyl (C=O) groups is 2. The van der Waals surface area contributed by atoms with E-state index in [9.17, 15) is 9.59 Å². The van der Waals surface area contributed by atoms with Crippen LogP contribution in [0.15, 0.2) is 102 Å². The molecule has 1 aromatic heterocycles. The number of nitrogens with one attached hydrogen (secondary N) is 2. The number of alkyl halides is 1. The number of carbonyl (C=O) groups excluding carboxylic acids is 2. The number of anilines is 4. The molecule has 0 saturated carbocycles. The number of amidine groups is 1. The summed E-state index contributed by atoms with van der Waals surface area (Å²) in [5.41, 5.74) is 16.9. The lowest BCUT2D eigenvalue weighted by Gasteiger charge is -2.11. The van der Waals surface area contributed by atoms with Crippen molar-refractivity contribution in [3.05, 3.63) is 124 Å². The molecule has 0 bridgehead atoms. The highest BCUT2D eigenvalue weighted by atomic mass is 79.9. The first-order chi connectivity index (χ1) is 28.7. The Bertz CT molecular complexity index is 2150. The van der Waals surface area contributed by atoms with E-state index in [4.69, 9.17) is 33.2 Å². The number of thiazole rings is 1. The number of nitrogens with two attached hydrogens (primary N) is 2. The van der Waals surface area contributed by atoms with Crippen molar-refractivity contribution >= 4 is 105 Å². The molecule has 0 aliphatic heterocycles. The van der Waals surface area contributed by atoms with Gasteiger partial charge in [0.15, 0.2) is 21.2 Å². The molecule has 0 aliphatic rings. The van der Waals surface area contributed by atoms with Gasteiger partial charge in [-0.15, -0.1) is 0 Å². The van der Waals surface area contributed by atoms with E-state index in [-0.39, 0.29) is 34.7 Å². The summed E-state index contributed by atoms with van der Waals surface area (Å²) in [6.45, 7) is 8.97. The molecule has 5 aromatic rings. The van der Waals surface area contributed by atoms with Crippen LogP contribution < -0.4 is 31.6 Å². The van der Waals surface area contributed by atoms with E-state index in [1.165, 1.54) is 23.1 Å². The van der Waals surface area contributed by atoms with Crippen LogP contribution in [0.1, 0.15) is 51.1 Å². The molecular weight excluding hydrogens is 924 g/mol. The molecule has 62 heavy (non-hydrogen) atoms. The Hall–Kier alpha value is -4.41. The second-order valence-electron chi connectivity index (χ2n) is 13.6. The first kappa shape index (κ1) is 55.6. The highest BCUT2D eigenvalue weighted by Gasteiger charge is 2.18. The van der Waals surface area contributed by atoms with Crippen molar-refractivity contribution in [1.29, 1.82) is 0 Å². The topological polar surface area (TPSA) is 160 Å². The fourth-order valence-electron chi connectivity index (χ4n) is 4.88. The highest BCUT2D eigenvalue weighted by Crippen LogP contribution is 2.30. The second kappa shape index (κ2) is 29.8. The molecule has 336 valence electrons. The van der Waals surface area contributed by atoms with Crippen LogP contribution in [0.4, 0.5) is 22.3 Å². The Morgan fingerprint density at radius 3 is 1.82 bits per heavy atom. The van der Waals surface area contributed by atoms with Gasteiger partial charge in [0.1, 0.15) is 35.4 Å². The predicted octanol–water partition coefficient (Wildman–Crippen LogP) is 9.61. The summed E-state index contributed by atoms with van der Waals surface area (Å²) < 4.78 is 11.3. The third-order valence-corrected chi connectivity index (χ3v) is 10.3. The summed E-state index contributed by atoms with van der Waals surface area (Å²) >= 11 is 11.0. The fourth-order valence-corrected chi connectivity index (χ4v) is 6.79. The zero-order chi connectivity index (χ0) is 44.0. The van der Waals surface area contributed by atoms with Crippen LogP contribution in [0.5, 0.6) is 11.5 Å². The van der Waals surface area contributed by atoms with E-state index >= 15 is 0 Å². The maximum atomic E-state index is 12.7. The average molecular weight is 986 g/mol. The van der Waals surface area contributed by atoms with Gasteiger partial charge in [-0.05, 0) is 121 Å². The molecule has 0 aliphatic carbocycles. The first-order valence-electron chi connectivity index (χ1n) is 19.0. The van der Waals surface area contributed by atoms with Gasteiger partial charge in [-0.1, -0.05) is 101 Å². The van der Waals surface area contributed by atoms with E-state index in [0.717, 1.165) is 58.4 Å². The number of aromatic nitrogens is 1. The molecule has 0 amide bonds. The van der Waals surface area contributed by atoms with Crippen molar-refractivity contribution < 1.29 is 19.1 Å². The fraction of sp³-hybridized carbons (Fsp3) is 0.311. The minimum absolute atomic E-state index is 0. The zero-order valence-electron chi connectivity index (χ0n) is 35.9. The molecule has 1 heterocycles. The van der Waals surface area contributed by atoms with Crippen molar-refractivity contribution in [2.24, 2.45) is 10.7 Å². The number of hydrogen-bond acceptors (Lipinski definition) is 12. The molecule has 1 atom stereocenters. The van der Waals surface area contributed by atoms with Crippen molar-refractivity contribution in [2.45, 2.75) is 28.2 Å². The third kappa shape index (κ3) is 21.1. The van der Waals surface area contributed by atoms with Crippen molar-refractivity contribution in [1.82, 2.24) is 14.8 Å². The summed E-state index contributed by atoms with van der Waals surface area (Å²) in [5, 5.41) is 8.02. The van der Waals surface area contributed by atoms with Crippen LogP contribution in [0.3, 0.4) is 0 Å². The number of likely N-dealkylation sites (N-methyl/N-ethyl adjacent to an activating group) is 2. The second-order valence-corrected chi connectivity index (χ2v) is 16.9. The Balaban J connectivity index is 0.000000499. The van der Waals surface area contributed by atoms with E-state index in [0.29, 0.717) is 44.4 Å². The van der Waals surface area contributed by atoms with Crippen LogP contribution in [-0.2, 0) is 0 Å². The molecule has 0 spiro atoms. The molecule has 4 aromatic carbocycles. The van der Waals surface area contributed by atoms with Gasteiger partial charge >= 0.3 is 0 Å². The predicted molar refractivity (Wildman–Crippen MR) is 279 cm³/mol. The van der Waals surface area contributed by atoms with Gasteiger partial charge in [0.05, 0.1) is 5.33 Å². The van der Waals surface area contributed by atoms with Gasteiger partial charge in [-0.3, -0.25) is 9.59 Å². The van der Waals surface area contributed by atoms with Gasteiger partial charge in [0, 0.05) is 35.6 Å². The molecule has 0 fully saturated rings. The van der Waals surface area contributed by atoms with Crippen LogP contribution in [0.2, 0.25) is 0 Å². The number of aliphatic imine (C=N–C) groups is 1. The summed E-state index contributed by atoms with van der Waals surface area (Å²) in [6.07, 6.45) is 0. The van der Waals surface area contributed by atoms with Crippen molar-refractivity contribution in [3.8, 4) is 11.5 Å². The molecule has 17 heteroatoms. The maximum Gasteiger partial charge on any atom is 0.206 e. The van der Waals surface area contributed by atoms with Gasteiger partial charge in [0.2, 0.25) is 5.78 Å². The largest absolute Gasteiger partial charge is 0.492 e. The highest BCUT2D eigenvalue weighted by molar-refractivity contribution is 9.09. The smallest absolute Gasteiger partial charge is 0.206 e. The Kier molecular flexibility index (Phi) is 26.7. The van der Waals surface area contributed by atoms with Gasteiger partial charge in [-0.25, -0.2) is 4.98 Å². The SMILES string of the molecule is C.CCSC(N)=NC(=S)Nc1ccc(OCCN(C)C)cc1.Cc1cccc(C(=O)CBr)c1.Cc1cccc(C(=O)c2sc(Nc3ccc(OCCN(C)C)cc3)nc2N)c1.P. The number of nitrogen functional groups attached to an aromatic ring is 1. The number of rotatable bonds is 16. The number of thiocarbonyl (C=S) groups is 1. The van der Waals surface area contributed by atoms with Gasteiger partial charge in [0.25, 0.3) is 0 Å². The number of benzene rings is 4. The third-order valence-electron chi connectivity index (χ3n) is 7.93. The normalized spacial score (nSPS) is 10.5. The number of hydrogen-bond donors (Lipinski definition) is 4.